The number of benzene rings is 1. The van der Waals surface area contributed by atoms with Crippen LogP contribution in [0.15, 0.2) is 47.8 Å². The lowest BCUT2D eigenvalue weighted by Crippen LogP contribution is -2.29. The summed E-state index contributed by atoms with van der Waals surface area (Å²) in [6.45, 7) is 1.25. The number of hydrogen-bond donors (Lipinski definition) is 1. The molecule has 1 N–H and O–H groups in total. The summed E-state index contributed by atoms with van der Waals surface area (Å²) >= 11 is 7.82. The molecule has 0 radical (unpaired) electrons. The van der Waals surface area contributed by atoms with Crippen LogP contribution < -0.4 is 5.32 Å². The van der Waals surface area contributed by atoms with Gasteiger partial charge in [-0.15, -0.1) is 11.3 Å². The number of amides is 1. The number of rotatable bonds is 7. The minimum atomic E-state index is -0.0169. The van der Waals surface area contributed by atoms with Gasteiger partial charge in [-0.05, 0) is 42.0 Å². The number of nitrogens with one attached hydrogen (secondary N) is 1. The maximum atomic E-state index is 12.2. The summed E-state index contributed by atoms with van der Waals surface area (Å²) in [7, 11) is 0. The maximum Gasteiger partial charge on any atom is 0.224 e. The lowest BCUT2D eigenvalue weighted by Gasteiger charge is -2.09. The lowest BCUT2D eigenvalue weighted by molar-refractivity contribution is -0.120. The standard InChI is InChI=1S/C20H20ClN3OS/c21-16-5-2-1-4-15(16)12-20(25)22-9-10-24-18(14-7-8-14)13-17(23-24)19-6-3-11-26-19/h1-6,11,13-14H,7-10,12H2,(H,22,25). The van der Waals surface area contributed by atoms with Crippen LogP contribution in [0.5, 0.6) is 0 Å². The SMILES string of the molecule is O=C(Cc1ccccc1Cl)NCCn1nc(-c2cccs2)cc1C1CC1. The molecular weight excluding hydrogens is 366 g/mol. The van der Waals surface area contributed by atoms with Gasteiger partial charge in [0.05, 0.1) is 17.8 Å². The summed E-state index contributed by atoms with van der Waals surface area (Å²) in [5.41, 5.74) is 3.17. The van der Waals surface area contributed by atoms with Crippen molar-refractivity contribution in [3.63, 3.8) is 0 Å². The Kier molecular flexibility index (Phi) is 5.09. The summed E-state index contributed by atoms with van der Waals surface area (Å²) in [4.78, 5) is 13.4. The highest BCUT2D eigenvalue weighted by molar-refractivity contribution is 7.13. The Labute approximate surface area is 161 Å². The first kappa shape index (κ1) is 17.3. The first-order valence-electron chi connectivity index (χ1n) is 8.82. The minimum absolute atomic E-state index is 0.0169. The summed E-state index contributed by atoms with van der Waals surface area (Å²) in [6.07, 6.45) is 2.76. The third-order valence-corrected chi connectivity index (χ3v) is 5.80. The van der Waals surface area contributed by atoms with Crippen molar-refractivity contribution in [3.05, 3.63) is 64.1 Å². The average Bonchev–Trinajstić information content (AvgIpc) is 3.16. The van der Waals surface area contributed by atoms with Gasteiger partial charge in [-0.3, -0.25) is 9.48 Å². The Morgan fingerprint density at radius 1 is 1.27 bits per heavy atom. The van der Waals surface area contributed by atoms with E-state index in [9.17, 15) is 4.79 Å². The summed E-state index contributed by atoms with van der Waals surface area (Å²) in [6, 6.07) is 13.8. The van der Waals surface area contributed by atoms with E-state index < -0.39 is 0 Å². The molecule has 1 aliphatic rings. The van der Waals surface area contributed by atoms with Crippen molar-refractivity contribution in [3.8, 4) is 10.6 Å². The van der Waals surface area contributed by atoms with Gasteiger partial charge in [-0.25, -0.2) is 0 Å². The highest BCUT2D eigenvalue weighted by Gasteiger charge is 2.28. The molecule has 0 bridgehead atoms. The maximum absolute atomic E-state index is 12.2. The number of carbonyl (C=O) groups is 1. The van der Waals surface area contributed by atoms with E-state index in [1.54, 1.807) is 11.3 Å². The van der Waals surface area contributed by atoms with Crippen molar-refractivity contribution < 1.29 is 4.79 Å². The minimum Gasteiger partial charge on any atom is -0.354 e. The molecule has 2 aromatic heterocycles. The van der Waals surface area contributed by atoms with Crippen LogP contribution in [0.4, 0.5) is 0 Å². The van der Waals surface area contributed by atoms with Gasteiger partial charge in [0.25, 0.3) is 0 Å². The van der Waals surface area contributed by atoms with Crippen LogP contribution in [0.1, 0.15) is 30.0 Å². The van der Waals surface area contributed by atoms with Gasteiger partial charge < -0.3 is 5.32 Å². The monoisotopic (exact) mass is 385 g/mol. The zero-order valence-corrected chi connectivity index (χ0v) is 15.9. The zero-order valence-electron chi connectivity index (χ0n) is 14.3. The first-order valence-corrected chi connectivity index (χ1v) is 10.1. The van der Waals surface area contributed by atoms with Gasteiger partial charge in [-0.1, -0.05) is 35.9 Å². The Morgan fingerprint density at radius 2 is 2.12 bits per heavy atom. The number of halogens is 1. The van der Waals surface area contributed by atoms with Crippen LogP contribution in [-0.4, -0.2) is 22.2 Å². The number of nitrogens with zero attached hydrogens (tertiary/aromatic N) is 2. The molecular formula is C20H20ClN3OS. The lowest BCUT2D eigenvalue weighted by atomic mass is 10.1. The van der Waals surface area contributed by atoms with E-state index in [1.165, 1.54) is 23.4 Å². The van der Waals surface area contributed by atoms with Crippen LogP contribution in [0.3, 0.4) is 0 Å². The summed E-state index contributed by atoms with van der Waals surface area (Å²) in [5, 5.41) is 10.4. The van der Waals surface area contributed by atoms with Gasteiger partial charge in [0.1, 0.15) is 5.69 Å². The molecule has 1 fully saturated rings. The second kappa shape index (κ2) is 7.64. The Balaban J connectivity index is 1.37. The van der Waals surface area contributed by atoms with Gasteiger partial charge in [-0.2, -0.15) is 5.10 Å². The molecule has 1 saturated carbocycles. The van der Waals surface area contributed by atoms with Crippen LogP contribution >= 0.6 is 22.9 Å². The molecule has 6 heteroatoms. The van der Waals surface area contributed by atoms with Crippen LogP contribution in [-0.2, 0) is 17.8 Å². The molecule has 0 spiro atoms. The largest absolute Gasteiger partial charge is 0.354 e. The van der Waals surface area contributed by atoms with Gasteiger partial charge in [0.15, 0.2) is 0 Å². The molecule has 0 unspecified atom stereocenters. The zero-order chi connectivity index (χ0) is 17.9. The molecule has 0 aliphatic heterocycles. The van der Waals surface area contributed by atoms with E-state index in [4.69, 9.17) is 16.7 Å². The average molecular weight is 386 g/mol. The second-order valence-electron chi connectivity index (χ2n) is 6.55. The molecule has 1 aliphatic carbocycles. The van der Waals surface area contributed by atoms with E-state index in [-0.39, 0.29) is 5.91 Å². The number of hydrogen-bond acceptors (Lipinski definition) is 3. The summed E-state index contributed by atoms with van der Waals surface area (Å²) < 4.78 is 2.06. The Morgan fingerprint density at radius 3 is 2.85 bits per heavy atom. The molecule has 26 heavy (non-hydrogen) atoms. The van der Waals surface area contributed by atoms with Gasteiger partial charge in [0.2, 0.25) is 5.91 Å². The number of aromatic nitrogens is 2. The number of thiophene rings is 1. The smallest absolute Gasteiger partial charge is 0.224 e. The topological polar surface area (TPSA) is 46.9 Å². The van der Waals surface area contributed by atoms with Crippen LogP contribution in [0, 0.1) is 0 Å². The highest BCUT2D eigenvalue weighted by atomic mass is 35.5. The highest BCUT2D eigenvalue weighted by Crippen LogP contribution is 2.41. The molecule has 0 saturated heterocycles. The van der Waals surface area contributed by atoms with Crippen LogP contribution in [0.25, 0.3) is 10.6 Å². The fourth-order valence-electron chi connectivity index (χ4n) is 3.04. The molecule has 1 aromatic carbocycles. The van der Waals surface area contributed by atoms with E-state index in [1.807, 2.05) is 30.3 Å². The van der Waals surface area contributed by atoms with Gasteiger partial charge in [0, 0.05) is 23.2 Å². The van der Waals surface area contributed by atoms with E-state index in [0.29, 0.717) is 30.5 Å². The molecule has 3 aromatic rings. The third kappa shape index (κ3) is 4.00. The number of carbonyl (C=O) groups excluding carboxylic acids is 1. The van der Waals surface area contributed by atoms with E-state index >= 15 is 0 Å². The molecule has 4 nitrogen and oxygen atoms in total. The van der Waals surface area contributed by atoms with Crippen molar-refractivity contribution in [2.75, 3.05) is 6.54 Å². The predicted molar refractivity (Wildman–Crippen MR) is 106 cm³/mol. The Hall–Kier alpha value is -2.11. The van der Waals surface area contributed by atoms with E-state index in [2.05, 4.69) is 27.5 Å². The molecule has 2 heterocycles. The van der Waals surface area contributed by atoms with Crippen LogP contribution in [0.2, 0.25) is 5.02 Å². The van der Waals surface area contributed by atoms with Crippen molar-refractivity contribution in [2.24, 2.45) is 0 Å². The van der Waals surface area contributed by atoms with Gasteiger partial charge >= 0.3 is 0 Å². The fraction of sp³-hybridized carbons (Fsp3) is 0.300. The normalized spacial score (nSPS) is 13.7. The molecule has 1 amide bonds. The third-order valence-electron chi connectivity index (χ3n) is 4.53. The fourth-order valence-corrected chi connectivity index (χ4v) is 3.93. The van der Waals surface area contributed by atoms with Crippen molar-refractivity contribution in [1.29, 1.82) is 0 Å². The Bertz CT molecular complexity index is 900. The first-order chi connectivity index (χ1) is 12.7. The van der Waals surface area contributed by atoms with Crippen molar-refractivity contribution in [1.82, 2.24) is 15.1 Å². The van der Waals surface area contributed by atoms with Crippen molar-refractivity contribution in [2.45, 2.75) is 31.7 Å². The van der Waals surface area contributed by atoms with E-state index in [0.717, 1.165) is 11.3 Å². The molecule has 4 rings (SSSR count). The van der Waals surface area contributed by atoms with Crippen molar-refractivity contribution >= 4 is 28.8 Å². The predicted octanol–water partition coefficient (Wildman–Crippen LogP) is 4.50. The molecule has 0 atom stereocenters. The second-order valence-corrected chi connectivity index (χ2v) is 7.90. The quantitative estimate of drug-likeness (QED) is 0.650. The molecule has 134 valence electrons. The summed E-state index contributed by atoms with van der Waals surface area (Å²) in [5.74, 6) is 0.603.